The van der Waals surface area contributed by atoms with Crippen molar-refractivity contribution < 1.29 is 9.59 Å². The average molecular weight is 274 g/mol. The highest BCUT2D eigenvalue weighted by Crippen LogP contribution is 2.23. The van der Waals surface area contributed by atoms with Gasteiger partial charge in [-0.3, -0.25) is 14.5 Å². The van der Waals surface area contributed by atoms with Crippen LogP contribution >= 0.6 is 0 Å². The van der Waals surface area contributed by atoms with E-state index in [0.717, 1.165) is 18.4 Å². The maximum absolute atomic E-state index is 12.2. The number of ketones is 1. The van der Waals surface area contributed by atoms with Gasteiger partial charge in [0.1, 0.15) is 0 Å². The van der Waals surface area contributed by atoms with E-state index in [9.17, 15) is 9.59 Å². The van der Waals surface area contributed by atoms with Crippen LogP contribution in [0.4, 0.5) is 0 Å². The van der Waals surface area contributed by atoms with Gasteiger partial charge >= 0.3 is 0 Å². The zero-order valence-corrected chi connectivity index (χ0v) is 12.2. The number of fused-ring (bicyclic) bond motifs is 1. The fourth-order valence-corrected chi connectivity index (χ4v) is 2.58. The summed E-state index contributed by atoms with van der Waals surface area (Å²) in [5.74, 6) is 0.126. The van der Waals surface area contributed by atoms with Crippen molar-refractivity contribution in [2.45, 2.75) is 25.7 Å². The Morgan fingerprint density at radius 1 is 1.25 bits per heavy atom. The third-order valence-electron chi connectivity index (χ3n) is 3.83. The number of aryl methyl sites for hydroxylation is 2. The monoisotopic (exact) mass is 274 g/mol. The van der Waals surface area contributed by atoms with Crippen molar-refractivity contribution in [3.8, 4) is 0 Å². The molecule has 1 aromatic rings. The molecular formula is C16H22N2O2. The molecule has 4 nitrogen and oxygen atoms in total. The fourth-order valence-electron chi connectivity index (χ4n) is 2.58. The molecule has 0 atom stereocenters. The SMILES string of the molecule is CNC(=O)CCN(C)CC(=O)c1ccc2c(c1)CCC2. The number of benzene rings is 1. The summed E-state index contributed by atoms with van der Waals surface area (Å²) in [5, 5.41) is 2.58. The molecule has 0 unspecified atom stereocenters. The lowest BCUT2D eigenvalue weighted by Crippen LogP contribution is -2.30. The summed E-state index contributed by atoms with van der Waals surface area (Å²) in [6, 6.07) is 6.05. The van der Waals surface area contributed by atoms with Gasteiger partial charge in [-0.15, -0.1) is 0 Å². The third-order valence-corrected chi connectivity index (χ3v) is 3.83. The lowest BCUT2D eigenvalue weighted by molar-refractivity contribution is -0.120. The minimum atomic E-state index is 0.00169. The first-order chi connectivity index (χ1) is 9.60. The van der Waals surface area contributed by atoms with Crippen LogP contribution < -0.4 is 5.32 Å². The number of carbonyl (C=O) groups excluding carboxylic acids is 2. The molecule has 0 fully saturated rings. The number of carbonyl (C=O) groups is 2. The minimum Gasteiger partial charge on any atom is -0.359 e. The predicted molar refractivity (Wildman–Crippen MR) is 79.0 cm³/mol. The van der Waals surface area contributed by atoms with Crippen molar-refractivity contribution in [3.63, 3.8) is 0 Å². The summed E-state index contributed by atoms with van der Waals surface area (Å²) in [7, 11) is 3.49. The van der Waals surface area contributed by atoms with Crippen molar-refractivity contribution in [2.24, 2.45) is 0 Å². The summed E-state index contributed by atoms with van der Waals surface area (Å²) >= 11 is 0. The highest BCUT2D eigenvalue weighted by Gasteiger charge is 2.15. The van der Waals surface area contributed by atoms with E-state index in [0.29, 0.717) is 19.5 Å². The fraction of sp³-hybridized carbons (Fsp3) is 0.500. The molecular weight excluding hydrogens is 252 g/mol. The zero-order valence-electron chi connectivity index (χ0n) is 12.2. The zero-order chi connectivity index (χ0) is 14.5. The second kappa shape index (κ2) is 6.66. The van der Waals surface area contributed by atoms with E-state index < -0.39 is 0 Å². The number of nitrogens with one attached hydrogen (secondary N) is 1. The normalized spacial score (nSPS) is 13.3. The Balaban J connectivity index is 1.89. The number of rotatable bonds is 6. The summed E-state index contributed by atoms with van der Waals surface area (Å²) in [5.41, 5.74) is 3.50. The van der Waals surface area contributed by atoms with Gasteiger partial charge in [0, 0.05) is 25.6 Å². The van der Waals surface area contributed by atoms with E-state index in [1.807, 2.05) is 24.1 Å². The predicted octanol–water partition coefficient (Wildman–Crippen LogP) is 1.43. The van der Waals surface area contributed by atoms with Crippen LogP contribution in [0.25, 0.3) is 0 Å². The highest BCUT2D eigenvalue weighted by molar-refractivity contribution is 5.97. The van der Waals surface area contributed by atoms with Gasteiger partial charge < -0.3 is 5.32 Å². The Hall–Kier alpha value is -1.68. The summed E-state index contributed by atoms with van der Waals surface area (Å²) in [4.78, 5) is 25.3. The number of hydrogen-bond acceptors (Lipinski definition) is 3. The largest absolute Gasteiger partial charge is 0.359 e. The van der Waals surface area contributed by atoms with Crippen LogP contribution in [0.2, 0.25) is 0 Å². The van der Waals surface area contributed by atoms with Crippen molar-refractivity contribution >= 4 is 11.7 Å². The second-order valence-corrected chi connectivity index (χ2v) is 5.42. The summed E-state index contributed by atoms with van der Waals surface area (Å²) in [6.07, 6.45) is 3.84. The standard InChI is InChI=1S/C16H22N2O2/c1-17-16(20)8-9-18(2)11-15(19)14-7-6-12-4-3-5-13(12)10-14/h6-7,10H,3-5,8-9,11H2,1-2H3,(H,17,20). The molecule has 4 heteroatoms. The summed E-state index contributed by atoms with van der Waals surface area (Å²) < 4.78 is 0. The maximum atomic E-state index is 12.2. The lowest BCUT2D eigenvalue weighted by atomic mass is 10.0. The molecule has 1 aromatic carbocycles. The third kappa shape index (κ3) is 3.67. The van der Waals surface area contributed by atoms with Gasteiger partial charge in [-0.05, 0) is 43.5 Å². The Morgan fingerprint density at radius 3 is 2.75 bits per heavy atom. The van der Waals surface area contributed by atoms with Crippen molar-refractivity contribution in [3.05, 3.63) is 34.9 Å². The number of hydrogen-bond donors (Lipinski definition) is 1. The minimum absolute atomic E-state index is 0.00169. The first-order valence-corrected chi connectivity index (χ1v) is 7.14. The van der Waals surface area contributed by atoms with Gasteiger partial charge in [0.25, 0.3) is 0 Å². The molecule has 0 spiro atoms. The molecule has 0 heterocycles. The Morgan fingerprint density at radius 2 is 2.00 bits per heavy atom. The molecule has 20 heavy (non-hydrogen) atoms. The Bertz CT molecular complexity index is 511. The van der Waals surface area contributed by atoms with Crippen LogP contribution in [0.1, 0.15) is 34.3 Å². The van der Waals surface area contributed by atoms with Gasteiger partial charge in [0.2, 0.25) is 5.91 Å². The van der Waals surface area contributed by atoms with Crippen LogP contribution in [0.15, 0.2) is 18.2 Å². The second-order valence-electron chi connectivity index (χ2n) is 5.42. The molecule has 0 saturated carbocycles. The Labute approximate surface area is 120 Å². The van der Waals surface area contributed by atoms with Crippen molar-refractivity contribution in [2.75, 3.05) is 27.2 Å². The van der Waals surface area contributed by atoms with Gasteiger partial charge in [-0.2, -0.15) is 0 Å². The topological polar surface area (TPSA) is 49.4 Å². The average Bonchev–Trinajstić information content (AvgIpc) is 2.91. The lowest BCUT2D eigenvalue weighted by Gasteiger charge is -2.15. The first kappa shape index (κ1) is 14.7. The van der Waals surface area contributed by atoms with E-state index in [-0.39, 0.29) is 11.7 Å². The molecule has 1 aliphatic rings. The molecule has 0 aromatic heterocycles. The smallest absolute Gasteiger partial charge is 0.221 e. The molecule has 2 rings (SSSR count). The number of Topliss-reactive ketones (excluding diaryl/α,β-unsaturated/α-hetero) is 1. The van der Waals surface area contributed by atoms with Crippen molar-refractivity contribution in [1.29, 1.82) is 0 Å². The maximum Gasteiger partial charge on any atom is 0.221 e. The highest BCUT2D eigenvalue weighted by atomic mass is 16.1. The molecule has 0 bridgehead atoms. The van der Waals surface area contributed by atoms with Crippen molar-refractivity contribution in [1.82, 2.24) is 10.2 Å². The molecule has 1 aliphatic carbocycles. The van der Waals surface area contributed by atoms with Crippen LogP contribution in [0.3, 0.4) is 0 Å². The van der Waals surface area contributed by atoms with Gasteiger partial charge in [0.05, 0.1) is 6.54 Å². The quantitative estimate of drug-likeness (QED) is 0.798. The molecule has 108 valence electrons. The van der Waals surface area contributed by atoms with Gasteiger partial charge in [-0.25, -0.2) is 0 Å². The van der Waals surface area contributed by atoms with Gasteiger partial charge in [0.15, 0.2) is 5.78 Å². The number of nitrogens with zero attached hydrogens (tertiary/aromatic N) is 1. The summed E-state index contributed by atoms with van der Waals surface area (Å²) in [6.45, 7) is 0.951. The van der Waals surface area contributed by atoms with Crippen LogP contribution in [0, 0.1) is 0 Å². The molecule has 0 aliphatic heterocycles. The van der Waals surface area contributed by atoms with E-state index in [1.54, 1.807) is 7.05 Å². The molecule has 1 N–H and O–H groups in total. The van der Waals surface area contributed by atoms with Crippen LogP contribution in [-0.4, -0.2) is 43.8 Å². The van der Waals surface area contributed by atoms with E-state index in [2.05, 4.69) is 11.4 Å². The first-order valence-electron chi connectivity index (χ1n) is 7.14. The van der Waals surface area contributed by atoms with Crippen LogP contribution in [-0.2, 0) is 17.6 Å². The Kier molecular flexibility index (Phi) is 4.90. The molecule has 1 amide bonds. The van der Waals surface area contributed by atoms with E-state index in [1.165, 1.54) is 17.5 Å². The van der Waals surface area contributed by atoms with E-state index >= 15 is 0 Å². The van der Waals surface area contributed by atoms with Crippen LogP contribution in [0.5, 0.6) is 0 Å². The molecule has 0 saturated heterocycles. The van der Waals surface area contributed by atoms with Gasteiger partial charge in [-0.1, -0.05) is 12.1 Å². The molecule has 0 radical (unpaired) electrons. The number of likely N-dealkylation sites (N-methyl/N-ethyl adjacent to an activating group) is 1. The number of amides is 1. The van der Waals surface area contributed by atoms with E-state index in [4.69, 9.17) is 0 Å².